The van der Waals surface area contributed by atoms with Crippen LogP contribution in [0.1, 0.15) is 6.92 Å². The van der Waals surface area contributed by atoms with Crippen LogP contribution in [0.15, 0.2) is 12.2 Å². The molecule has 0 amide bonds. The molecule has 22 heavy (non-hydrogen) atoms. The van der Waals surface area contributed by atoms with Crippen molar-refractivity contribution in [2.75, 3.05) is 13.2 Å². The topological polar surface area (TPSA) is 107 Å². The summed E-state index contributed by atoms with van der Waals surface area (Å²) in [5.74, 6) is -1.26. The molecule has 0 aliphatic carbocycles. The van der Waals surface area contributed by atoms with Gasteiger partial charge in [0.05, 0.1) is 18.8 Å². The number of ether oxygens (including phenoxy) is 6. The molecule has 0 radical (unpaired) electrons. The lowest BCUT2D eigenvalue weighted by molar-refractivity contribution is -0.160. The molecule has 3 heterocycles. The lowest BCUT2D eigenvalue weighted by Gasteiger charge is -2.15. The van der Waals surface area contributed by atoms with Gasteiger partial charge in [-0.1, -0.05) is 6.58 Å². The highest BCUT2D eigenvalue weighted by Crippen LogP contribution is 2.38. The van der Waals surface area contributed by atoms with Crippen LogP contribution < -0.4 is 0 Å². The zero-order valence-corrected chi connectivity index (χ0v) is 11.7. The van der Waals surface area contributed by atoms with Crippen molar-refractivity contribution in [3.63, 3.8) is 0 Å². The first-order chi connectivity index (χ1) is 10.5. The fraction of sp³-hybridized carbons (Fsp3) is 0.615. The average Bonchev–Trinajstić information content (AvgIpc) is 3.06. The van der Waals surface area contributed by atoms with Gasteiger partial charge in [-0.3, -0.25) is 0 Å². The minimum absolute atomic E-state index is 0.0685. The summed E-state index contributed by atoms with van der Waals surface area (Å²) >= 11 is 0. The molecule has 3 rings (SSSR count). The van der Waals surface area contributed by atoms with Crippen molar-refractivity contribution in [3.05, 3.63) is 12.2 Å². The molecule has 0 aromatic heterocycles. The Morgan fingerprint density at radius 1 is 1.18 bits per heavy atom. The molecular weight excluding hydrogens is 300 g/mol. The van der Waals surface area contributed by atoms with Crippen LogP contribution in [0, 0.1) is 0 Å². The van der Waals surface area contributed by atoms with Crippen LogP contribution in [-0.4, -0.2) is 62.0 Å². The van der Waals surface area contributed by atoms with Crippen molar-refractivity contribution in [1.82, 2.24) is 0 Å². The van der Waals surface area contributed by atoms with Crippen LogP contribution in [0.4, 0.5) is 4.79 Å². The summed E-state index contributed by atoms with van der Waals surface area (Å²) in [5, 5.41) is 0. The van der Waals surface area contributed by atoms with E-state index in [-0.39, 0.29) is 18.8 Å². The second kappa shape index (κ2) is 5.58. The van der Waals surface area contributed by atoms with E-state index in [0.29, 0.717) is 0 Å². The Hall–Kier alpha value is -2.13. The van der Waals surface area contributed by atoms with Crippen molar-refractivity contribution in [1.29, 1.82) is 0 Å². The Balaban J connectivity index is 1.59. The van der Waals surface area contributed by atoms with Gasteiger partial charge in [0, 0.05) is 0 Å². The Morgan fingerprint density at radius 2 is 1.95 bits per heavy atom. The predicted octanol–water partition coefficient (Wildman–Crippen LogP) is -0.323. The van der Waals surface area contributed by atoms with Gasteiger partial charge in [-0.2, -0.15) is 0 Å². The smallest absolute Gasteiger partial charge is 0.463 e. The summed E-state index contributed by atoms with van der Waals surface area (Å²) in [6.07, 6.45) is -5.21. The molecule has 0 spiro atoms. The van der Waals surface area contributed by atoms with Crippen molar-refractivity contribution >= 4 is 18.1 Å². The van der Waals surface area contributed by atoms with Crippen molar-refractivity contribution < 1.29 is 42.8 Å². The maximum absolute atomic E-state index is 11.8. The molecule has 3 fully saturated rings. The molecule has 3 aliphatic heterocycles. The number of carbonyl (C=O) groups is 3. The summed E-state index contributed by atoms with van der Waals surface area (Å²) < 4.78 is 30.3. The molecular formula is C13H14O9. The van der Waals surface area contributed by atoms with Crippen LogP contribution in [0.2, 0.25) is 0 Å². The maximum Gasteiger partial charge on any atom is 0.511 e. The SMILES string of the molecule is C=C(COC1C(=O)OC2C3OC(=O)OC3OC12)C(=O)OCC. The molecule has 0 N–H and O–H groups in total. The highest BCUT2D eigenvalue weighted by molar-refractivity contribution is 5.88. The number of carbonyl (C=O) groups excluding carboxylic acids is 3. The van der Waals surface area contributed by atoms with Crippen LogP contribution in [0.5, 0.6) is 0 Å². The first-order valence-corrected chi connectivity index (χ1v) is 6.71. The number of fused-ring (bicyclic) bond motifs is 3. The van der Waals surface area contributed by atoms with E-state index in [1.165, 1.54) is 0 Å². The summed E-state index contributed by atoms with van der Waals surface area (Å²) in [6.45, 7) is 5.19. The van der Waals surface area contributed by atoms with E-state index in [0.717, 1.165) is 0 Å². The van der Waals surface area contributed by atoms with E-state index >= 15 is 0 Å². The number of hydrogen-bond acceptors (Lipinski definition) is 9. The summed E-state index contributed by atoms with van der Waals surface area (Å²) in [6, 6.07) is 0. The van der Waals surface area contributed by atoms with Crippen LogP contribution >= 0.6 is 0 Å². The molecule has 9 heteroatoms. The molecule has 5 unspecified atom stereocenters. The fourth-order valence-corrected chi connectivity index (χ4v) is 2.46. The largest absolute Gasteiger partial charge is 0.511 e. The molecule has 0 aromatic rings. The molecule has 0 saturated carbocycles. The Kier molecular flexibility index (Phi) is 3.75. The third kappa shape index (κ3) is 2.42. The van der Waals surface area contributed by atoms with Gasteiger partial charge in [-0.15, -0.1) is 0 Å². The summed E-state index contributed by atoms with van der Waals surface area (Å²) in [5.41, 5.74) is 0.0685. The van der Waals surface area contributed by atoms with Crippen LogP contribution in [-0.2, 0) is 38.0 Å². The molecule has 0 bridgehead atoms. The van der Waals surface area contributed by atoms with Crippen LogP contribution in [0.25, 0.3) is 0 Å². The van der Waals surface area contributed by atoms with E-state index < -0.39 is 48.8 Å². The standard InChI is InChI=1S/C13H14O9/c1-3-17-10(14)5(2)4-18-8-6-7(19-11(8)15)9-12(20-6)22-13(16)21-9/h6-9,12H,2-4H2,1H3. The maximum atomic E-state index is 11.8. The van der Waals surface area contributed by atoms with Crippen LogP contribution in [0.3, 0.4) is 0 Å². The Labute approximate surface area is 125 Å². The van der Waals surface area contributed by atoms with E-state index in [1.54, 1.807) is 6.92 Å². The Morgan fingerprint density at radius 3 is 2.68 bits per heavy atom. The van der Waals surface area contributed by atoms with Gasteiger partial charge in [0.1, 0.15) is 6.10 Å². The monoisotopic (exact) mass is 314 g/mol. The molecule has 5 atom stereocenters. The highest BCUT2D eigenvalue weighted by Gasteiger charge is 2.63. The Bertz CT molecular complexity index is 528. The first kappa shape index (κ1) is 14.8. The zero-order chi connectivity index (χ0) is 15.9. The summed E-state index contributed by atoms with van der Waals surface area (Å²) in [4.78, 5) is 34.2. The number of esters is 2. The lowest BCUT2D eigenvalue weighted by Crippen LogP contribution is -2.35. The molecule has 3 aliphatic rings. The van der Waals surface area contributed by atoms with Crippen molar-refractivity contribution in [2.24, 2.45) is 0 Å². The third-order valence-electron chi connectivity index (χ3n) is 3.44. The van der Waals surface area contributed by atoms with E-state index in [4.69, 9.17) is 28.4 Å². The van der Waals surface area contributed by atoms with E-state index in [1.807, 2.05) is 0 Å². The van der Waals surface area contributed by atoms with Gasteiger partial charge < -0.3 is 28.4 Å². The highest BCUT2D eigenvalue weighted by atomic mass is 16.9. The minimum atomic E-state index is -1.05. The van der Waals surface area contributed by atoms with Gasteiger partial charge in [0.15, 0.2) is 12.2 Å². The van der Waals surface area contributed by atoms with Gasteiger partial charge >= 0.3 is 18.1 Å². The number of hydrogen-bond donors (Lipinski definition) is 0. The van der Waals surface area contributed by atoms with Gasteiger partial charge in [-0.05, 0) is 6.92 Å². The number of rotatable bonds is 5. The second-order valence-corrected chi connectivity index (χ2v) is 4.88. The molecule has 0 aromatic carbocycles. The van der Waals surface area contributed by atoms with Crippen molar-refractivity contribution in [3.8, 4) is 0 Å². The molecule has 9 nitrogen and oxygen atoms in total. The average molecular weight is 314 g/mol. The first-order valence-electron chi connectivity index (χ1n) is 6.71. The fourth-order valence-electron chi connectivity index (χ4n) is 2.46. The lowest BCUT2D eigenvalue weighted by atomic mass is 10.1. The summed E-state index contributed by atoms with van der Waals surface area (Å²) in [7, 11) is 0. The predicted molar refractivity (Wildman–Crippen MR) is 65.4 cm³/mol. The quantitative estimate of drug-likeness (QED) is 0.383. The van der Waals surface area contributed by atoms with Gasteiger partial charge in [-0.25, -0.2) is 14.4 Å². The molecule has 3 saturated heterocycles. The van der Waals surface area contributed by atoms with Crippen molar-refractivity contribution in [2.45, 2.75) is 37.6 Å². The van der Waals surface area contributed by atoms with E-state index in [9.17, 15) is 14.4 Å². The van der Waals surface area contributed by atoms with E-state index in [2.05, 4.69) is 6.58 Å². The zero-order valence-electron chi connectivity index (χ0n) is 11.7. The third-order valence-corrected chi connectivity index (χ3v) is 3.44. The second-order valence-electron chi connectivity index (χ2n) is 4.88. The van der Waals surface area contributed by atoms with Gasteiger partial charge in [0.25, 0.3) is 0 Å². The molecule has 120 valence electrons. The van der Waals surface area contributed by atoms with Gasteiger partial charge in [0.2, 0.25) is 12.4 Å². The normalized spacial score (nSPS) is 35.2. The minimum Gasteiger partial charge on any atom is -0.463 e.